The number of hydrogen-bond donors (Lipinski definition) is 2. The van der Waals surface area contributed by atoms with E-state index in [2.05, 4.69) is 43.5 Å². The molecule has 0 radical (unpaired) electrons. The van der Waals surface area contributed by atoms with Crippen molar-refractivity contribution < 1.29 is 32.9 Å². The van der Waals surface area contributed by atoms with Crippen LogP contribution in [-0.2, 0) is 18.4 Å². The van der Waals surface area contributed by atoms with Gasteiger partial charge in [-0.2, -0.15) is 0 Å². The monoisotopic (exact) mass is 1090 g/mol. The van der Waals surface area contributed by atoms with E-state index in [1.807, 2.05) is 27.2 Å². The summed E-state index contributed by atoms with van der Waals surface area (Å²) >= 11 is 0. The smallest absolute Gasteiger partial charge is 0.268 e. The van der Waals surface area contributed by atoms with Gasteiger partial charge < -0.3 is 28.8 Å². The van der Waals surface area contributed by atoms with Crippen LogP contribution in [0.25, 0.3) is 0 Å². The van der Waals surface area contributed by atoms with E-state index in [9.17, 15) is 19.4 Å². The van der Waals surface area contributed by atoms with E-state index in [-0.39, 0.29) is 19.1 Å². The van der Waals surface area contributed by atoms with Gasteiger partial charge in [-0.25, -0.2) is 0 Å². The molecule has 0 aromatic rings. The average Bonchev–Trinajstić information content (AvgIpc) is 3.38. The minimum Gasteiger partial charge on any atom is -0.756 e. The molecule has 8 nitrogen and oxygen atoms in total. The minimum absolute atomic E-state index is 0.00501. The van der Waals surface area contributed by atoms with Gasteiger partial charge in [0.1, 0.15) is 13.2 Å². The van der Waals surface area contributed by atoms with E-state index < -0.39 is 20.0 Å². The Balaban J connectivity index is 4.11. The summed E-state index contributed by atoms with van der Waals surface area (Å²) in [7, 11) is 1.26. The first-order chi connectivity index (χ1) is 37.0. The first-order valence-corrected chi connectivity index (χ1v) is 34.8. The second-order valence-electron chi connectivity index (χ2n) is 24.2. The molecule has 0 fully saturated rings. The quantitative estimate of drug-likeness (QED) is 0.0272. The Bertz CT molecular complexity index is 1330. The van der Waals surface area contributed by atoms with Crippen molar-refractivity contribution in [1.82, 2.24) is 5.32 Å². The molecule has 0 spiro atoms. The van der Waals surface area contributed by atoms with Gasteiger partial charge in [-0.05, 0) is 57.8 Å². The Morgan fingerprint density at radius 2 is 0.737 bits per heavy atom. The van der Waals surface area contributed by atoms with Crippen molar-refractivity contribution in [1.29, 1.82) is 0 Å². The third kappa shape index (κ3) is 60.4. The molecule has 450 valence electrons. The predicted octanol–water partition coefficient (Wildman–Crippen LogP) is 20.3. The fraction of sp³-hybridized carbons (Fsp3) is 0.896. The second-order valence-corrected chi connectivity index (χ2v) is 25.6. The van der Waals surface area contributed by atoms with E-state index in [0.29, 0.717) is 17.4 Å². The number of nitrogens with zero attached hydrogens (tertiary/aromatic N) is 1. The molecular weight excluding hydrogens is 960 g/mol. The van der Waals surface area contributed by atoms with Gasteiger partial charge in [0.2, 0.25) is 5.91 Å². The van der Waals surface area contributed by atoms with Crippen LogP contribution >= 0.6 is 7.82 Å². The number of nitrogens with one attached hydrogen (secondary N) is 1. The standard InChI is InChI=1S/C67H131N2O6P/c1-6-8-10-12-14-16-18-20-22-24-26-28-30-32-33-34-35-36-37-39-41-43-45-47-49-51-53-55-57-59-61-67(71)68-65(64-75-76(72,73)74-63-62-69(3,4)5)66(70)60-58-56-54-52-50-48-46-44-42-40-38-31-29-27-25-23-21-19-17-15-13-11-9-7-2/h32-33,50,52,58,60,65-66,70H,6-31,34-49,51,53-57,59,61-64H2,1-5H3,(H-,68,71,72,73)/b33-32-,52-50+,60-58+. The summed E-state index contributed by atoms with van der Waals surface area (Å²) in [5.74, 6) is -0.202. The number of quaternary nitrogens is 1. The van der Waals surface area contributed by atoms with Crippen molar-refractivity contribution in [2.24, 2.45) is 0 Å². The molecule has 0 rings (SSSR count). The van der Waals surface area contributed by atoms with Gasteiger partial charge in [-0.15, -0.1) is 0 Å². The zero-order valence-corrected chi connectivity index (χ0v) is 52.4. The van der Waals surface area contributed by atoms with Gasteiger partial charge in [0, 0.05) is 6.42 Å². The Labute approximate surface area is 474 Å². The Hall–Kier alpha value is -1.28. The van der Waals surface area contributed by atoms with Crippen LogP contribution in [0.3, 0.4) is 0 Å². The summed E-state index contributed by atoms with van der Waals surface area (Å²) in [5, 5.41) is 13.9. The number of allylic oxidation sites excluding steroid dienone is 5. The molecule has 0 aromatic carbocycles. The lowest BCUT2D eigenvalue weighted by Gasteiger charge is -2.29. The zero-order chi connectivity index (χ0) is 55.6. The van der Waals surface area contributed by atoms with Crippen LogP contribution in [0.2, 0.25) is 0 Å². The number of hydrogen-bond acceptors (Lipinski definition) is 6. The van der Waals surface area contributed by atoms with Crippen LogP contribution in [0.5, 0.6) is 0 Å². The summed E-state index contributed by atoms with van der Waals surface area (Å²) in [6, 6.07) is -0.904. The maximum Gasteiger partial charge on any atom is 0.268 e. The number of phosphoric acid groups is 1. The lowest BCUT2D eigenvalue weighted by Crippen LogP contribution is -2.45. The summed E-state index contributed by atoms with van der Waals surface area (Å²) in [5.41, 5.74) is 0. The molecule has 0 heterocycles. The highest BCUT2D eigenvalue weighted by Gasteiger charge is 2.23. The summed E-state index contributed by atoms with van der Waals surface area (Å²) < 4.78 is 23.4. The van der Waals surface area contributed by atoms with Crippen molar-refractivity contribution in [3.8, 4) is 0 Å². The highest BCUT2D eigenvalue weighted by molar-refractivity contribution is 7.45. The average molecular weight is 1090 g/mol. The van der Waals surface area contributed by atoms with Crippen LogP contribution in [0.15, 0.2) is 36.5 Å². The number of carbonyl (C=O) groups is 1. The maximum atomic E-state index is 13.0. The highest BCUT2D eigenvalue weighted by Crippen LogP contribution is 2.38. The first-order valence-electron chi connectivity index (χ1n) is 33.4. The number of likely N-dealkylation sites (N-methyl/N-ethyl adjacent to an activating group) is 1. The van der Waals surface area contributed by atoms with Crippen LogP contribution in [0.4, 0.5) is 0 Å². The fourth-order valence-corrected chi connectivity index (χ4v) is 10.8. The maximum absolute atomic E-state index is 13.0. The molecule has 0 aromatic heterocycles. The van der Waals surface area contributed by atoms with Crippen LogP contribution in [0, 0.1) is 0 Å². The van der Waals surface area contributed by atoms with Gasteiger partial charge >= 0.3 is 0 Å². The molecule has 0 aliphatic heterocycles. The summed E-state index contributed by atoms with van der Waals surface area (Å²) in [6.45, 7) is 4.68. The number of aliphatic hydroxyl groups excluding tert-OH is 1. The molecule has 0 aliphatic rings. The van der Waals surface area contributed by atoms with E-state index in [1.54, 1.807) is 6.08 Å². The van der Waals surface area contributed by atoms with Crippen molar-refractivity contribution in [2.75, 3.05) is 40.9 Å². The van der Waals surface area contributed by atoms with Gasteiger partial charge in [0.25, 0.3) is 7.82 Å². The van der Waals surface area contributed by atoms with E-state index in [0.717, 1.165) is 38.5 Å². The number of aliphatic hydroxyl groups is 1. The predicted molar refractivity (Wildman–Crippen MR) is 330 cm³/mol. The number of amides is 1. The van der Waals surface area contributed by atoms with E-state index in [4.69, 9.17) is 9.05 Å². The first kappa shape index (κ1) is 74.7. The zero-order valence-electron chi connectivity index (χ0n) is 51.5. The van der Waals surface area contributed by atoms with Crippen LogP contribution in [-0.4, -0.2) is 68.5 Å². The topological polar surface area (TPSA) is 108 Å². The fourth-order valence-electron chi connectivity index (χ4n) is 10.1. The molecule has 1 amide bonds. The van der Waals surface area contributed by atoms with E-state index >= 15 is 0 Å². The highest BCUT2D eigenvalue weighted by atomic mass is 31.2. The molecular formula is C67H131N2O6P. The molecule has 0 aliphatic carbocycles. The van der Waals surface area contributed by atoms with Gasteiger partial charge in [0.05, 0.1) is 39.9 Å². The summed E-state index contributed by atoms with van der Waals surface area (Å²) in [4.78, 5) is 25.6. The largest absolute Gasteiger partial charge is 0.756 e. The van der Waals surface area contributed by atoms with Crippen LogP contribution < -0.4 is 10.2 Å². The molecule has 3 unspecified atom stereocenters. The number of unbranched alkanes of at least 4 members (excludes halogenated alkanes) is 45. The van der Waals surface area contributed by atoms with Crippen molar-refractivity contribution >= 4 is 13.7 Å². The van der Waals surface area contributed by atoms with E-state index in [1.165, 1.54) is 276 Å². The number of phosphoric ester groups is 1. The molecule has 76 heavy (non-hydrogen) atoms. The molecule has 0 saturated heterocycles. The Morgan fingerprint density at radius 1 is 0.447 bits per heavy atom. The molecule has 9 heteroatoms. The Kier molecular flexibility index (Phi) is 57.4. The third-order valence-corrected chi connectivity index (χ3v) is 16.3. The SMILES string of the molecule is CCCCCCCCCCCCCC/C=C\CCCCCCCCCCCCCCCCC(=O)NC(COP(=O)([O-])OCC[N+](C)(C)C)C(O)/C=C/CC/C=C/CCCCCCCCCCCCCCCCCCCC. The number of carbonyl (C=O) groups excluding carboxylic acids is 1. The Morgan fingerprint density at radius 3 is 1.07 bits per heavy atom. The summed E-state index contributed by atoms with van der Waals surface area (Å²) in [6.07, 6.45) is 76.9. The minimum atomic E-state index is -4.61. The van der Waals surface area contributed by atoms with Gasteiger partial charge in [-0.1, -0.05) is 307 Å². The lowest BCUT2D eigenvalue weighted by atomic mass is 10.0. The molecule has 2 N–H and O–H groups in total. The van der Waals surface area contributed by atoms with Crippen molar-refractivity contribution in [2.45, 2.75) is 347 Å². The second kappa shape index (κ2) is 58.4. The molecule has 0 bridgehead atoms. The molecule has 0 saturated carbocycles. The normalized spacial score (nSPS) is 13.9. The van der Waals surface area contributed by atoms with Crippen molar-refractivity contribution in [3.63, 3.8) is 0 Å². The van der Waals surface area contributed by atoms with Crippen molar-refractivity contribution in [3.05, 3.63) is 36.5 Å². The van der Waals surface area contributed by atoms with Crippen LogP contribution in [0.1, 0.15) is 335 Å². The molecule has 3 atom stereocenters. The lowest BCUT2D eigenvalue weighted by molar-refractivity contribution is -0.870. The van der Waals surface area contributed by atoms with Gasteiger partial charge in [0.15, 0.2) is 0 Å². The van der Waals surface area contributed by atoms with Gasteiger partial charge in [-0.3, -0.25) is 9.36 Å². The number of rotatable bonds is 62. The third-order valence-electron chi connectivity index (χ3n) is 15.3.